The minimum atomic E-state index is -3.66. The van der Waals surface area contributed by atoms with Gasteiger partial charge in [-0.15, -0.1) is 0 Å². The molecule has 1 aromatic carbocycles. The molecule has 6 nitrogen and oxygen atoms in total. The summed E-state index contributed by atoms with van der Waals surface area (Å²) in [5, 5.41) is 0. The fourth-order valence-corrected chi connectivity index (χ4v) is 3.60. The number of hydrogen-bond donors (Lipinski definition) is 0. The molecule has 1 aliphatic rings. The van der Waals surface area contributed by atoms with Crippen molar-refractivity contribution in [3.05, 3.63) is 30.3 Å². The van der Waals surface area contributed by atoms with Gasteiger partial charge < -0.3 is 9.64 Å². The van der Waals surface area contributed by atoms with Gasteiger partial charge in [0, 0.05) is 13.6 Å². The summed E-state index contributed by atoms with van der Waals surface area (Å²) < 4.78 is 31.4. The van der Waals surface area contributed by atoms with Gasteiger partial charge in [0.15, 0.2) is 0 Å². The average Bonchev–Trinajstić information content (AvgIpc) is 2.47. The van der Waals surface area contributed by atoms with Crippen LogP contribution in [0.3, 0.4) is 0 Å². The number of carbonyl (C=O) groups is 1. The molecule has 0 spiro atoms. The predicted molar refractivity (Wildman–Crippen MR) is 82.9 cm³/mol. The summed E-state index contributed by atoms with van der Waals surface area (Å²) in [6.45, 7) is 5.05. The highest BCUT2D eigenvalue weighted by atomic mass is 32.2. The van der Waals surface area contributed by atoms with E-state index >= 15 is 0 Å². The number of rotatable bonds is 4. The number of carbonyl (C=O) groups excluding carboxylic acids is 1. The fraction of sp³-hybridized carbons (Fsp3) is 0.533. The molecular formula is C15H22N2O4S. The van der Waals surface area contributed by atoms with E-state index in [4.69, 9.17) is 4.74 Å². The molecule has 2 rings (SSSR count). The van der Waals surface area contributed by atoms with Crippen LogP contribution in [-0.2, 0) is 19.6 Å². The SMILES string of the molecule is CN(CC(=O)N1CCOCC1(C)C)S(=O)(=O)c1ccccc1. The van der Waals surface area contributed by atoms with Crippen molar-refractivity contribution in [2.24, 2.45) is 0 Å². The van der Waals surface area contributed by atoms with Gasteiger partial charge in [-0.05, 0) is 26.0 Å². The topological polar surface area (TPSA) is 66.9 Å². The zero-order chi connectivity index (χ0) is 16.4. The van der Waals surface area contributed by atoms with Crippen LogP contribution in [0, 0.1) is 0 Å². The molecule has 0 radical (unpaired) electrons. The second-order valence-electron chi connectivity index (χ2n) is 5.98. The predicted octanol–water partition coefficient (Wildman–Crippen LogP) is 0.945. The van der Waals surface area contributed by atoms with Crippen molar-refractivity contribution in [3.63, 3.8) is 0 Å². The number of sulfonamides is 1. The maximum atomic E-state index is 12.5. The first-order valence-corrected chi connectivity index (χ1v) is 8.59. The molecule has 0 N–H and O–H groups in total. The number of likely N-dealkylation sites (N-methyl/N-ethyl adjacent to an activating group) is 1. The van der Waals surface area contributed by atoms with Gasteiger partial charge in [-0.2, -0.15) is 4.31 Å². The van der Waals surface area contributed by atoms with Gasteiger partial charge in [0.1, 0.15) is 0 Å². The minimum Gasteiger partial charge on any atom is -0.377 e. The van der Waals surface area contributed by atoms with Gasteiger partial charge in [-0.3, -0.25) is 4.79 Å². The van der Waals surface area contributed by atoms with Crippen molar-refractivity contribution < 1.29 is 17.9 Å². The normalized spacial score (nSPS) is 18.5. The molecule has 0 aliphatic carbocycles. The van der Waals surface area contributed by atoms with Crippen LogP contribution in [0.25, 0.3) is 0 Å². The number of amides is 1. The smallest absolute Gasteiger partial charge is 0.243 e. The zero-order valence-corrected chi connectivity index (χ0v) is 14.0. The van der Waals surface area contributed by atoms with E-state index in [0.717, 1.165) is 4.31 Å². The van der Waals surface area contributed by atoms with Crippen LogP contribution >= 0.6 is 0 Å². The van der Waals surface area contributed by atoms with E-state index in [1.54, 1.807) is 23.1 Å². The van der Waals surface area contributed by atoms with E-state index in [0.29, 0.717) is 19.8 Å². The highest BCUT2D eigenvalue weighted by molar-refractivity contribution is 7.89. The molecule has 0 aromatic heterocycles. The van der Waals surface area contributed by atoms with Gasteiger partial charge in [0.25, 0.3) is 0 Å². The van der Waals surface area contributed by atoms with Crippen LogP contribution in [0.15, 0.2) is 35.2 Å². The lowest BCUT2D eigenvalue weighted by molar-refractivity contribution is -0.146. The van der Waals surface area contributed by atoms with E-state index in [1.807, 2.05) is 13.8 Å². The Morgan fingerprint density at radius 2 is 1.95 bits per heavy atom. The van der Waals surface area contributed by atoms with Gasteiger partial charge >= 0.3 is 0 Å². The Morgan fingerprint density at radius 3 is 2.55 bits per heavy atom. The number of morpholine rings is 1. The van der Waals surface area contributed by atoms with Crippen LogP contribution in [-0.4, -0.2) is 62.4 Å². The van der Waals surface area contributed by atoms with Crippen molar-refractivity contribution >= 4 is 15.9 Å². The van der Waals surface area contributed by atoms with Gasteiger partial charge in [-0.1, -0.05) is 18.2 Å². The van der Waals surface area contributed by atoms with E-state index in [9.17, 15) is 13.2 Å². The molecule has 0 saturated carbocycles. The van der Waals surface area contributed by atoms with E-state index in [1.165, 1.54) is 19.2 Å². The Kier molecular flexibility index (Phi) is 4.89. The van der Waals surface area contributed by atoms with Crippen molar-refractivity contribution in [2.45, 2.75) is 24.3 Å². The number of ether oxygens (including phenoxy) is 1. The Bertz CT molecular complexity index is 628. The molecule has 7 heteroatoms. The van der Waals surface area contributed by atoms with Crippen molar-refractivity contribution in [3.8, 4) is 0 Å². The largest absolute Gasteiger partial charge is 0.377 e. The second kappa shape index (κ2) is 6.36. The molecule has 1 heterocycles. The summed E-state index contributed by atoms with van der Waals surface area (Å²) in [5.41, 5.74) is -0.424. The first-order chi connectivity index (χ1) is 10.2. The Labute approximate surface area is 131 Å². The highest BCUT2D eigenvalue weighted by Crippen LogP contribution is 2.20. The number of nitrogens with zero attached hydrogens (tertiary/aromatic N) is 2. The molecule has 1 aliphatic heterocycles. The first kappa shape index (κ1) is 16.9. The highest BCUT2D eigenvalue weighted by Gasteiger charge is 2.35. The van der Waals surface area contributed by atoms with Gasteiger partial charge in [0.2, 0.25) is 15.9 Å². The molecule has 1 fully saturated rings. The fourth-order valence-electron chi connectivity index (χ4n) is 2.45. The third-order valence-corrected chi connectivity index (χ3v) is 5.57. The molecule has 1 saturated heterocycles. The molecule has 1 amide bonds. The molecule has 22 heavy (non-hydrogen) atoms. The summed E-state index contributed by atoms with van der Waals surface area (Å²) in [6, 6.07) is 8.12. The summed E-state index contributed by atoms with van der Waals surface area (Å²) in [6.07, 6.45) is 0. The number of benzene rings is 1. The maximum Gasteiger partial charge on any atom is 0.243 e. The van der Waals surface area contributed by atoms with Crippen LogP contribution < -0.4 is 0 Å². The second-order valence-corrected chi connectivity index (χ2v) is 8.03. The summed E-state index contributed by atoms with van der Waals surface area (Å²) >= 11 is 0. The van der Waals surface area contributed by atoms with Crippen molar-refractivity contribution in [1.82, 2.24) is 9.21 Å². The summed E-state index contributed by atoms with van der Waals surface area (Å²) in [4.78, 5) is 14.3. The number of hydrogen-bond acceptors (Lipinski definition) is 4. The van der Waals surface area contributed by atoms with Gasteiger partial charge in [0.05, 0.1) is 30.2 Å². The molecule has 0 unspecified atom stereocenters. The molecule has 1 aromatic rings. The van der Waals surface area contributed by atoms with Crippen molar-refractivity contribution in [2.75, 3.05) is 33.4 Å². The monoisotopic (exact) mass is 326 g/mol. The molecule has 122 valence electrons. The average molecular weight is 326 g/mol. The van der Waals surface area contributed by atoms with E-state index < -0.39 is 15.6 Å². The van der Waals surface area contributed by atoms with E-state index in [2.05, 4.69) is 0 Å². The lowest BCUT2D eigenvalue weighted by Gasteiger charge is -2.42. The van der Waals surface area contributed by atoms with Crippen LogP contribution in [0.2, 0.25) is 0 Å². The standard InChI is InChI=1S/C15H22N2O4S/c1-15(2)12-21-10-9-17(15)14(18)11-16(3)22(19,20)13-7-5-4-6-8-13/h4-8H,9-12H2,1-3H3. The van der Waals surface area contributed by atoms with Crippen molar-refractivity contribution in [1.29, 1.82) is 0 Å². The van der Waals surface area contributed by atoms with Crippen LogP contribution in [0.5, 0.6) is 0 Å². The Hall–Kier alpha value is -1.44. The minimum absolute atomic E-state index is 0.180. The Balaban J connectivity index is 2.11. The molecular weight excluding hydrogens is 304 g/mol. The Morgan fingerprint density at radius 1 is 1.32 bits per heavy atom. The third kappa shape index (κ3) is 3.48. The van der Waals surface area contributed by atoms with Gasteiger partial charge in [-0.25, -0.2) is 8.42 Å². The maximum absolute atomic E-state index is 12.5. The third-order valence-electron chi connectivity index (χ3n) is 3.76. The van der Waals surface area contributed by atoms with Crippen LogP contribution in [0.1, 0.15) is 13.8 Å². The zero-order valence-electron chi connectivity index (χ0n) is 13.2. The summed E-state index contributed by atoms with van der Waals surface area (Å²) in [5.74, 6) is -0.213. The molecule has 0 atom stereocenters. The quantitative estimate of drug-likeness (QED) is 0.826. The van der Waals surface area contributed by atoms with Crippen LogP contribution in [0.4, 0.5) is 0 Å². The summed E-state index contributed by atoms with van der Waals surface area (Å²) in [7, 11) is -2.23. The lowest BCUT2D eigenvalue weighted by atomic mass is 10.0. The van der Waals surface area contributed by atoms with E-state index in [-0.39, 0.29) is 17.3 Å². The first-order valence-electron chi connectivity index (χ1n) is 7.15. The lowest BCUT2D eigenvalue weighted by Crippen LogP contribution is -2.57. The molecule has 0 bridgehead atoms.